The van der Waals surface area contributed by atoms with Gasteiger partial charge < -0.3 is 9.26 Å². The zero-order chi connectivity index (χ0) is 23.8. The van der Waals surface area contributed by atoms with E-state index in [-0.39, 0.29) is 28.4 Å². The molecule has 0 aliphatic carbocycles. The number of carbonyl (C=O) groups excluding carboxylic acids is 1. The molecule has 1 atom stereocenters. The number of nitrogens with one attached hydrogen (secondary N) is 3. The molecule has 1 unspecified atom stereocenters. The number of hydrogen-bond acceptors (Lipinski definition) is 7. The van der Waals surface area contributed by atoms with Gasteiger partial charge in [0.15, 0.2) is 5.58 Å². The maximum atomic E-state index is 14.5. The van der Waals surface area contributed by atoms with Crippen LogP contribution in [-0.4, -0.2) is 43.6 Å². The van der Waals surface area contributed by atoms with Gasteiger partial charge in [-0.05, 0) is 24.6 Å². The van der Waals surface area contributed by atoms with E-state index in [2.05, 4.69) is 25.5 Å². The third-order valence-electron chi connectivity index (χ3n) is 4.78. The van der Waals surface area contributed by atoms with Gasteiger partial charge in [0.1, 0.15) is 17.3 Å². The van der Waals surface area contributed by atoms with Crippen molar-refractivity contribution in [1.82, 2.24) is 20.7 Å². The van der Waals surface area contributed by atoms with Crippen LogP contribution in [0, 0.1) is 11.6 Å². The van der Waals surface area contributed by atoms with Crippen LogP contribution in [0.5, 0.6) is 0 Å². The smallest absolute Gasteiger partial charge is 0.267 e. The second-order valence-electron chi connectivity index (χ2n) is 7.15. The Morgan fingerprint density at radius 2 is 1.91 bits per heavy atom. The maximum absolute atomic E-state index is 14.5. The van der Waals surface area contributed by atoms with Crippen molar-refractivity contribution in [3.8, 4) is 11.1 Å². The number of halogens is 2. The average Bonchev–Trinajstić information content (AvgIpc) is 3.21. The number of hydrazine groups is 1. The van der Waals surface area contributed by atoms with Crippen molar-refractivity contribution in [2.75, 3.05) is 26.5 Å². The fourth-order valence-electron chi connectivity index (χ4n) is 3.39. The van der Waals surface area contributed by atoms with Crippen molar-refractivity contribution in [2.45, 2.75) is 19.4 Å². The summed E-state index contributed by atoms with van der Waals surface area (Å²) in [6, 6.07) is 8.64. The Kier molecular flexibility index (Phi) is 8.95. The molecule has 4 rings (SSSR count). The number of rotatable bonds is 5. The topological polar surface area (TPSA) is 88.4 Å². The molecule has 10 heteroatoms. The van der Waals surface area contributed by atoms with Crippen molar-refractivity contribution in [1.29, 1.82) is 0 Å². The van der Waals surface area contributed by atoms with Gasteiger partial charge in [0.2, 0.25) is 0 Å². The largest absolute Gasteiger partial charge is 0.388 e. The van der Waals surface area contributed by atoms with Crippen molar-refractivity contribution in [3.05, 3.63) is 59.8 Å². The van der Waals surface area contributed by atoms with E-state index >= 15 is 0 Å². The van der Waals surface area contributed by atoms with Gasteiger partial charge in [0, 0.05) is 38.1 Å². The minimum Gasteiger partial charge on any atom is -0.388 e. The van der Waals surface area contributed by atoms with Crippen LogP contribution < -0.4 is 15.6 Å². The summed E-state index contributed by atoms with van der Waals surface area (Å²) in [5.74, 6) is -0.887. The second kappa shape index (κ2) is 11.9. The van der Waals surface area contributed by atoms with Crippen LogP contribution in [0.25, 0.3) is 27.7 Å². The van der Waals surface area contributed by atoms with Gasteiger partial charge in [-0.25, -0.2) is 14.2 Å². The molecule has 0 saturated carbocycles. The summed E-state index contributed by atoms with van der Waals surface area (Å²) >= 11 is 1.59. The molecule has 7 nitrogen and oxygen atoms in total. The van der Waals surface area contributed by atoms with Crippen molar-refractivity contribution >= 4 is 34.4 Å². The molecule has 1 aromatic heterocycles. The molecule has 2 heterocycles. The molecule has 33 heavy (non-hydrogen) atoms. The van der Waals surface area contributed by atoms with Gasteiger partial charge in [0.05, 0.1) is 16.5 Å². The molecule has 1 aliphatic heterocycles. The zero-order valence-electron chi connectivity index (χ0n) is 18.6. The summed E-state index contributed by atoms with van der Waals surface area (Å²) in [5.41, 5.74) is 6.50. The lowest BCUT2D eigenvalue weighted by atomic mass is 9.96. The van der Waals surface area contributed by atoms with Gasteiger partial charge in [-0.15, -0.1) is 0 Å². The van der Waals surface area contributed by atoms with Crippen LogP contribution in [0.2, 0.25) is 0 Å². The highest BCUT2D eigenvalue weighted by molar-refractivity contribution is 7.97. The molecule has 1 amide bonds. The zero-order valence-corrected chi connectivity index (χ0v) is 19.4. The van der Waals surface area contributed by atoms with E-state index in [1.807, 2.05) is 6.92 Å². The summed E-state index contributed by atoms with van der Waals surface area (Å²) in [6.07, 6.45) is 2.34. The van der Waals surface area contributed by atoms with Crippen molar-refractivity contribution < 1.29 is 22.8 Å². The Morgan fingerprint density at radius 3 is 2.61 bits per heavy atom. The standard InChI is InChI=1S/C21H20F2N4O2S.C2H6O/c1-2-30-27-12-9-10-14(21(28)25-24-11-12)20-19-13(5-3-8-17(19)29-26-20)18-15(22)6-4-7-16(18)23;1-3-2/h3-8,10,12,24,27H,2,9,11H2,1H3,(H,25,28);1-2H3/b14-10-;. The monoisotopic (exact) mass is 476 g/mol. The number of ether oxygens (including phenoxy) is 1. The van der Waals surface area contributed by atoms with Crippen molar-refractivity contribution in [3.63, 3.8) is 0 Å². The molecule has 3 aromatic rings. The molecule has 176 valence electrons. The van der Waals surface area contributed by atoms with Crippen LogP contribution in [-0.2, 0) is 9.53 Å². The summed E-state index contributed by atoms with van der Waals surface area (Å²) < 4.78 is 42.0. The number of hydrogen-bond donors (Lipinski definition) is 3. The van der Waals surface area contributed by atoms with E-state index in [1.165, 1.54) is 18.2 Å². The fraction of sp³-hybridized carbons (Fsp3) is 0.304. The molecule has 0 saturated heterocycles. The minimum atomic E-state index is -0.701. The highest BCUT2D eigenvalue weighted by Crippen LogP contribution is 2.37. The molecule has 3 N–H and O–H groups in total. The SMILES string of the molecule is CCSNC1C/C=C(/c2noc3cccc(-c4c(F)cccc4F)c23)C(=O)NNC1.COC. The van der Waals surface area contributed by atoms with E-state index in [1.54, 1.807) is 50.4 Å². The van der Waals surface area contributed by atoms with Gasteiger partial charge >= 0.3 is 0 Å². The van der Waals surface area contributed by atoms with E-state index < -0.39 is 17.5 Å². The third kappa shape index (κ3) is 5.77. The van der Waals surface area contributed by atoms with Crippen LogP contribution >= 0.6 is 11.9 Å². The summed E-state index contributed by atoms with van der Waals surface area (Å²) in [4.78, 5) is 12.7. The summed E-state index contributed by atoms with van der Waals surface area (Å²) in [6.45, 7) is 2.59. The van der Waals surface area contributed by atoms with Crippen LogP contribution in [0.4, 0.5) is 8.78 Å². The lowest BCUT2D eigenvalue weighted by molar-refractivity contribution is -0.116. The van der Waals surface area contributed by atoms with E-state index in [0.717, 1.165) is 5.75 Å². The minimum absolute atomic E-state index is 0.0761. The first kappa shape index (κ1) is 24.8. The Bertz CT molecular complexity index is 1120. The first-order valence-electron chi connectivity index (χ1n) is 10.4. The number of nitrogens with zero attached hydrogens (tertiary/aromatic N) is 1. The highest BCUT2D eigenvalue weighted by atomic mass is 32.2. The average molecular weight is 477 g/mol. The first-order valence-corrected chi connectivity index (χ1v) is 11.3. The molecule has 0 radical (unpaired) electrons. The van der Waals surface area contributed by atoms with Gasteiger partial charge in [-0.3, -0.25) is 14.9 Å². The summed E-state index contributed by atoms with van der Waals surface area (Å²) in [7, 11) is 3.25. The molecular formula is C23H26F2N4O3S. The number of methoxy groups -OCH3 is 1. The van der Waals surface area contributed by atoms with Gasteiger partial charge in [-0.1, -0.05) is 48.3 Å². The van der Waals surface area contributed by atoms with Gasteiger partial charge in [-0.2, -0.15) is 0 Å². The van der Waals surface area contributed by atoms with E-state index in [9.17, 15) is 13.6 Å². The molecular weight excluding hydrogens is 450 g/mol. The maximum Gasteiger partial charge on any atom is 0.267 e. The second-order valence-corrected chi connectivity index (χ2v) is 8.25. The normalized spacial score (nSPS) is 17.9. The number of fused-ring (bicyclic) bond motifs is 1. The lowest BCUT2D eigenvalue weighted by Crippen LogP contribution is -2.46. The van der Waals surface area contributed by atoms with Crippen LogP contribution in [0.1, 0.15) is 19.0 Å². The van der Waals surface area contributed by atoms with Gasteiger partial charge in [0.25, 0.3) is 5.91 Å². The quantitative estimate of drug-likeness (QED) is 0.479. The Balaban J connectivity index is 0.000000968. The molecule has 2 aromatic carbocycles. The number of amides is 1. The van der Waals surface area contributed by atoms with Crippen molar-refractivity contribution in [2.24, 2.45) is 0 Å². The molecule has 0 spiro atoms. The molecule has 0 bridgehead atoms. The summed E-state index contributed by atoms with van der Waals surface area (Å²) in [5, 5.41) is 4.46. The predicted octanol–water partition coefficient (Wildman–Crippen LogP) is 4.07. The third-order valence-corrected chi connectivity index (χ3v) is 5.57. The number of carbonyl (C=O) groups is 1. The van der Waals surface area contributed by atoms with E-state index in [4.69, 9.17) is 4.52 Å². The highest BCUT2D eigenvalue weighted by Gasteiger charge is 2.25. The molecule has 1 aliphatic rings. The Labute approximate surface area is 195 Å². The predicted molar refractivity (Wildman–Crippen MR) is 126 cm³/mol. The van der Waals surface area contributed by atoms with Crippen LogP contribution in [0.3, 0.4) is 0 Å². The number of benzene rings is 2. The molecule has 0 fully saturated rings. The van der Waals surface area contributed by atoms with E-state index in [0.29, 0.717) is 23.9 Å². The van der Waals surface area contributed by atoms with Crippen LogP contribution in [0.15, 0.2) is 47.0 Å². The Hall–Kier alpha value is -2.79. The Morgan fingerprint density at radius 1 is 1.21 bits per heavy atom. The fourth-order valence-corrected chi connectivity index (χ4v) is 3.97. The number of aromatic nitrogens is 1. The lowest BCUT2D eigenvalue weighted by Gasteiger charge is -2.20. The first-order chi connectivity index (χ1) is 16.0.